The van der Waals surface area contributed by atoms with E-state index in [9.17, 15) is 8.91 Å². The molecule has 5 heteroatoms. The Kier molecular flexibility index (Phi) is 2.92. The van der Waals surface area contributed by atoms with Crippen LogP contribution < -0.4 is 0 Å². The highest BCUT2D eigenvalue weighted by Crippen LogP contribution is 2.41. The topological polar surface area (TPSA) is 40.5 Å². The molecule has 0 saturated carbocycles. The Morgan fingerprint density at radius 1 is 1.58 bits per heavy atom. The minimum Gasteiger partial charge on any atom is -0.481 e. The summed E-state index contributed by atoms with van der Waals surface area (Å²) in [6.07, 6.45) is -11.3. The lowest BCUT2D eigenvalue weighted by Gasteiger charge is -2.44. The van der Waals surface area contributed by atoms with Crippen LogP contribution in [0.2, 0.25) is 0 Å². The maximum Gasteiger partial charge on any atom is 0.307 e. The van der Waals surface area contributed by atoms with E-state index in [4.69, 9.17) is 22.0 Å². The molecule has 0 aliphatic carbocycles. The number of hydrogen-bond donors (Lipinski definition) is 1. The van der Waals surface area contributed by atoms with E-state index in [0.717, 1.165) is 13.8 Å². The first-order chi connectivity index (χ1) is 22.0. The van der Waals surface area contributed by atoms with E-state index in [1.54, 1.807) is 0 Å². The van der Waals surface area contributed by atoms with Crippen molar-refractivity contribution in [3.8, 4) is 0 Å². The normalized spacial score (nSPS) is 37.9. The maximum absolute atomic E-state index is 12.8. The Morgan fingerprint density at radius 2 is 2.35 bits per heavy atom. The zero-order chi connectivity index (χ0) is 39.5. The van der Waals surface area contributed by atoms with E-state index in [1.165, 1.54) is 27.7 Å². The molecular formula is C26H37NO2S2. The average Bonchev–Trinajstić information content (AvgIpc) is 3.39. The van der Waals surface area contributed by atoms with Gasteiger partial charge in [-0.25, -0.2) is 0 Å². The van der Waals surface area contributed by atoms with Gasteiger partial charge in [0.2, 0.25) is 0 Å². The first-order valence-electron chi connectivity index (χ1n) is 18.8. The largest absolute Gasteiger partial charge is 0.481 e. The van der Waals surface area contributed by atoms with E-state index in [-0.39, 0.29) is 36.0 Å². The summed E-state index contributed by atoms with van der Waals surface area (Å²) in [6, 6.07) is -1.86. The Bertz CT molecular complexity index is 1660. The fraction of sp³-hybridized carbons (Fsp3) is 0.577. The molecule has 1 fully saturated rings. The predicted molar refractivity (Wildman–Crippen MR) is 135 cm³/mol. The Balaban J connectivity index is 2.64. The van der Waals surface area contributed by atoms with Gasteiger partial charge >= 0.3 is 5.97 Å². The number of hydrogen-bond acceptors (Lipinski definition) is 5. The predicted octanol–water partition coefficient (Wildman–Crippen LogP) is 7.26. The van der Waals surface area contributed by atoms with Gasteiger partial charge in [-0.15, -0.1) is 22.7 Å². The number of carboxylic acid groups (broad SMARTS) is 1. The van der Waals surface area contributed by atoms with Crippen molar-refractivity contribution < 1.29 is 34.6 Å². The highest BCUT2D eigenvalue weighted by molar-refractivity contribution is 7.15. The summed E-state index contributed by atoms with van der Waals surface area (Å²) in [4.78, 5) is 12.2. The van der Waals surface area contributed by atoms with Gasteiger partial charge in [0.05, 0.1) is 10.0 Å². The Morgan fingerprint density at radius 3 is 3.03 bits per heavy atom. The summed E-state index contributed by atoms with van der Waals surface area (Å²) in [5, 5.41) is 3.62. The standard InChI is InChI=1S/C26H37NO2S2/c1-16(2)22-18(4)15-30-24(22)21(23-17(3)13-19(5)31-23)9-8-12-27-14-20(25(28)29)10-11-26(27,6)7/h9,13,15-16,20H,8,10-12,14H2,1-7H3,(H,28,29)/b21-9-/t20-/m1/s1/i3D3,8D2,9D,10D2,11D2,12D2,13D,14D2,15D,16D,20D/hD. The fourth-order valence-corrected chi connectivity index (χ4v) is 5.00. The molecule has 2 aromatic heterocycles. The van der Waals surface area contributed by atoms with Crippen LogP contribution in [-0.4, -0.2) is 34.5 Å². The molecule has 3 heterocycles. The van der Waals surface area contributed by atoms with Crippen molar-refractivity contribution in [2.75, 3.05) is 13.0 Å². The van der Waals surface area contributed by atoms with Crippen molar-refractivity contribution in [1.82, 2.24) is 4.90 Å². The Labute approximate surface area is 222 Å². The second-order valence-electron chi connectivity index (χ2n) is 7.68. The van der Waals surface area contributed by atoms with Crippen molar-refractivity contribution in [2.24, 2.45) is 5.89 Å². The van der Waals surface area contributed by atoms with E-state index in [1.807, 2.05) is 0 Å². The van der Waals surface area contributed by atoms with E-state index in [2.05, 4.69) is 5.11 Å². The third kappa shape index (κ3) is 5.32. The lowest BCUT2D eigenvalue weighted by Crippen LogP contribution is -2.52. The molecular weight excluding hydrogens is 422 g/mol. The van der Waals surface area contributed by atoms with Crippen LogP contribution in [0.1, 0.15) is 109 Å². The van der Waals surface area contributed by atoms with Crippen molar-refractivity contribution in [1.29, 1.82) is 1.43 Å². The molecule has 0 radical (unpaired) electrons. The molecule has 3 rings (SSSR count). The summed E-state index contributed by atoms with van der Waals surface area (Å²) in [6.45, 7) is -3.74. The zero-order valence-electron chi connectivity index (χ0n) is 37.1. The molecule has 3 nitrogen and oxygen atoms in total. The van der Waals surface area contributed by atoms with Gasteiger partial charge < -0.3 is 5.11 Å². The molecule has 1 atom stereocenters. The molecule has 1 aliphatic heterocycles. The minimum absolute atomic E-state index is 0.0548. The molecule has 0 amide bonds. The number of rotatable bonds is 7. The number of carbonyl (C=O) groups is 1. The number of carboxylic acids is 1. The van der Waals surface area contributed by atoms with Crippen LogP contribution in [0, 0.1) is 26.6 Å². The molecule has 1 aliphatic rings. The highest BCUT2D eigenvalue weighted by atomic mass is 32.1. The second-order valence-corrected chi connectivity index (χ2v) is 9.72. The van der Waals surface area contributed by atoms with Crippen molar-refractivity contribution in [3.63, 3.8) is 0 Å². The SMILES string of the molecule is [2H]OC(=O)[C@@]1([2H])C([2H])([2H])N(C([2H])([2H])C([2H])([2H])/C([2H])=C(/c2sc(C)c([2H])c2C([2H])([2H])[2H])c2sc([2H])c(C)c2C([2H])(C)C)C(C)(C)C([2H])([2H])C1([2H])[2H]. The zero-order valence-corrected chi connectivity index (χ0v) is 19.7. The van der Waals surface area contributed by atoms with Gasteiger partial charge in [0.1, 0.15) is 0 Å². The number of aliphatic carboxylic acids is 1. The number of likely N-dealkylation sites (tertiary alicyclic amines) is 1. The lowest BCUT2D eigenvalue weighted by atomic mass is 9.84. The van der Waals surface area contributed by atoms with Crippen LogP contribution in [0.5, 0.6) is 0 Å². The van der Waals surface area contributed by atoms with Crippen LogP contribution in [0.4, 0.5) is 0 Å². The van der Waals surface area contributed by atoms with Gasteiger partial charge in [-0.1, -0.05) is 19.9 Å². The van der Waals surface area contributed by atoms with E-state index in [0.29, 0.717) is 22.7 Å². The van der Waals surface area contributed by atoms with E-state index >= 15 is 0 Å². The summed E-state index contributed by atoms with van der Waals surface area (Å²) in [7, 11) is 0. The smallest absolute Gasteiger partial charge is 0.307 e. The quantitative estimate of drug-likeness (QED) is 0.455. The number of piperidine rings is 1. The van der Waals surface area contributed by atoms with Gasteiger partial charge in [-0.2, -0.15) is 0 Å². The third-order valence-electron chi connectivity index (χ3n) is 4.48. The minimum atomic E-state index is -4.06. The van der Waals surface area contributed by atoms with Gasteiger partial charge in [-0.3, -0.25) is 9.69 Å². The Hall–Kier alpha value is -1.43. The van der Waals surface area contributed by atoms with Crippen LogP contribution >= 0.6 is 22.7 Å². The average molecular weight is 479 g/mol. The molecule has 31 heavy (non-hydrogen) atoms. The molecule has 1 N–H and O–H groups in total. The van der Waals surface area contributed by atoms with Crippen LogP contribution in [0.15, 0.2) is 17.5 Å². The number of nitrogens with zero attached hydrogens (tertiary/aromatic N) is 1. The van der Waals surface area contributed by atoms with Crippen molar-refractivity contribution in [3.05, 3.63) is 48.8 Å². The van der Waals surface area contributed by atoms with Gasteiger partial charge in [0.25, 0.3) is 1.43 Å². The van der Waals surface area contributed by atoms with Crippen LogP contribution in [0.25, 0.3) is 7.00 Å². The van der Waals surface area contributed by atoms with Gasteiger partial charge in [0, 0.05) is 59.3 Å². The number of thiophene rings is 2. The van der Waals surface area contributed by atoms with Crippen LogP contribution in [-0.2, 0) is 4.79 Å². The fourth-order valence-electron chi connectivity index (χ4n) is 2.99. The molecule has 2 aromatic rings. The lowest BCUT2D eigenvalue weighted by molar-refractivity contribution is -0.145. The molecule has 0 aromatic carbocycles. The third-order valence-corrected chi connectivity index (χ3v) is 6.52. The van der Waals surface area contributed by atoms with Crippen molar-refractivity contribution >= 4 is 34.2 Å². The summed E-state index contributed by atoms with van der Waals surface area (Å²) in [5.74, 6) is -7.89. The van der Waals surface area contributed by atoms with Gasteiger partial charge in [0.15, 0.2) is 0 Å². The summed E-state index contributed by atoms with van der Waals surface area (Å²) >= 11 is 1.30. The summed E-state index contributed by atoms with van der Waals surface area (Å²) in [5.41, 5.74) is -3.77. The molecule has 1 saturated heterocycles. The first kappa shape index (κ1) is 9.44. The highest BCUT2D eigenvalue weighted by Gasteiger charge is 2.36. The molecule has 0 spiro atoms. The maximum atomic E-state index is 12.8. The second kappa shape index (κ2) is 9.60. The number of aryl methyl sites for hydroxylation is 1. The first-order valence-corrected chi connectivity index (χ1v) is 11.0. The van der Waals surface area contributed by atoms with Crippen molar-refractivity contribution in [2.45, 2.75) is 78.9 Å². The molecule has 0 bridgehead atoms. The molecule has 0 unspecified atom stereocenters. The molecule has 170 valence electrons. The monoisotopic (exact) mass is 478 g/mol. The van der Waals surface area contributed by atoms with Crippen LogP contribution in [0.3, 0.4) is 0 Å². The van der Waals surface area contributed by atoms with Gasteiger partial charge in [-0.05, 0) is 87.6 Å². The van der Waals surface area contributed by atoms with E-state index < -0.39 is 85.5 Å². The summed E-state index contributed by atoms with van der Waals surface area (Å²) < 4.78 is 164.